The Bertz CT molecular complexity index is 1430. The van der Waals surface area contributed by atoms with Gasteiger partial charge in [-0.05, 0) is 66.7 Å². The van der Waals surface area contributed by atoms with E-state index in [1.807, 2.05) is 30.3 Å². The number of carbonyl (C=O) groups excluding carboxylic acids is 1. The molecule has 1 aromatic heterocycles. The molecule has 11 heteroatoms. The van der Waals surface area contributed by atoms with E-state index < -0.39 is 16.1 Å². The number of primary sulfonamides is 1. The molecule has 0 fully saturated rings. The lowest BCUT2D eigenvalue weighted by molar-refractivity contribution is 0.212. The molecule has 0 radical (unpaired) electrons. The molecule has 0 bridgehead atoms. The van der Waals surface area contributed by atoms with Crippen molar-refractivity contribution in [2.75, 3.05) is 12.2 Å². The molecule has 0 atom stereocenters. The second-order valence-electron chi connectivity index (χ2n) is 7.29. The van der Waals surface area contributed by atoms with Crippen LogP contribution in [0.2, 0.25) is 0 Å². The highest BCUT2D eigenvalue weighted by Crippen LogP contribution is 2.31. The van der Waals surface area contributed by atoms with E-state index in [0.29, 0.717) is 22.2 Å². The number of hydrogen-bond donors (Lipinski definition) is 3. The van der Waals surface area contributed by atoms with Gasteiger partial charge < -0.3 is 10.5 Å². The van der Waals surface area contributed by atoms with E-state index in [9.17, 15) is 18.4 Å². The van der Waals surface area contributed by atoms with E-state index in [-0.39, 0.29) is 10.6 Å². The lowest BCUT2D eigenvalue weighted by atomic mass is 10.1. The smallest absolute Gasteiger partial charge is 0.343 e. The normalized spacial score (nSPS) is 11.3. The zero-order valence-electron chi connectivity index (χ0n) is 18.0. The number of amides is 2. The minimum Gasteiger partial charge on any atom is -0.497 e. The fourth-order valence-electron chi connectivity index (χ4n) is 3.36. The fraction of sp³-hybridized carbons (Fsp3) is 0.0435. The van der Waals surface area contributed by atoms with E-state index in [4.69, 9.17) is 20.7 Å². The number of carbonyl (C=O) groups is 1. The molecule has 34 heavy (non-hydrogen) atoms. The quantitative estimate of drug-likeness (QED) is 0.285. The van der Waals surface area contributed by atoms with Crippen molar-refractivity contribution < 1.29 is 23.2 Å². The molecule has 3 aromatic carbocycles. The van der Waals surface area contributed by atoms with Crippen molar-refractivity contribution in [1.29, 1.82) is 0 Å². The molecular formula is C23H21N5O5S. The maximum absolute atomic E-state index is 11.6. The van der Waals surface area contributed by atoms with Crippen LogP contribution in [0.25, 0.3) is 28.2 Å². The molecular weight excluding hydrogens is 458 g/mol. The molecule has 1 heterocycles. The monoisotopic (exact) mass is 479 g/mol. The summed E-state index contributed by atoms with van der Waals surface area (Å²) >= 11 is 0. The minimum absolute atomic E-state index is 0.00627. The summed E-state index contributed by atoms with van der Waals surface area (Å²) < 4.78 is 30.2. The van der Waals surface area contributed by atoms with Crippen molar-refractivity contribution in [3.8, 4) is 34.0 Å². The van der Waals surface area contributed by atoms with E-state index in [0.717, 1.165) is 16.8 Å². The largest absolute Gasteiger partial charge is 0.497 e. The highest BCUT2D eigenvalue weighted by atomic mass is 32.2. The second kappa shape index (κ2) is 8.98. The fourth-order valence-corrected chi connectivity index (χ4v) is 3.88. The van der Waals surface area contributed by atoms with Crippen LogP contribution in [-0.4, -0.2) is 36.5 Å². The molecule has 2 amide bonds. The van der Waals surface area contributed by atoms with Gasteiger partial charge in [0.2, 0.25) is 10.0 Å². The lowest BCUT2D eigenvalue weighted by Crippen LogP contribution is -2.32. The zero-order valence-corrected chi connectivity index (χ0v) is 18.8. The van der Waals surface area contributed by atoms with Crippen molar-refractivity contribution in [1.82, 2.24) is 9.78 Å². The number of nitrogens with zero attached hydrogens (tertiary/aromatic N) is 3. The highest BCUT2D eigenvalue weighted by Gasteiger charge is 2.16. The number of hydrogen-bond acceptors (Lipinski definition) is 6. The predicted octanol–water partition coefficient (Wildman–Crippen LogP) is 3.14. The third-order valence-corrected chi connectivity index (χ3v) is 6.05. The van der Waals surface area contributed by atoms with Crippen molar-refractivity contribution in [2.45, 2.75) is 4.90 Å². The first-order valence-electron chi connectivity index (χ1n) is 9.94. The number of benzene rings is 3. The molecule has 0 unspecified atom stereocenters. The van der Waals surface area contributed by atoms with Crippen molar-refractivity contribution in [3.05, 3.63) is 78.9 Å². The Balaban J connectivity index is 1.80. The number of anilines is 1. The van der Waals surface area contributed by atoms with Gasteiger partial charge in [-0.25, -0.2) is 23.0 Å². The van der Waals surface area contributed by atoms with Crippen LogP contribution >= 0.6 is 0 Å². The Hall–Kier alpha value is -4.19. The standard InChI is InChI=1S/C23H21N5O5S/c1-33-19-10-4-16(5-11-19)22-14-21(15-2-6-18(7-3-15)28(30)23(24)29)26-27(22)17-8-12-20(13-9-17)34(25,31)32/h2-14,30H,1H3,(H2,24,29)(H2,25,31,32). The van der Waals surface area contributed by atoms with Crippen LogP contribution in [-0.2, 0) is 10.0 Å². The molecule has 0 aliphatic rings. The summed E-state index contributed by atoms with van der Waals surface area (Å²) in [5.41, 5.74) is 8.85. The lowest BCUT2D eigenvalue weighted by Gasteiger charge is -2.11. The molecule has 0 aliphatic carbocycles. The second-order valence-corrected chi connectivity index (χ2v) is 8.85. The number of hydroxylamine groups is 1. The molecule has 10 nitrogen and oxygen atoms in total. The topological polar surface area (TPSA) is 154 Å². The average Bonchev–Trinajstić information content (AvgIpc) is 3.28. The van der Waals surface area contributed by atoms with Crippen LogP contribution in [0.15, 0.2) is 83.8 Å². The SMILES string of the molecule is COc1ccc(-c2cc(-c3ccc(N(O)C(N)=O)cc3)nn2-c2ccc(S(N)(=O)=O)cc2)cc1. The number of nitrogens with two attached hydrogens (primary N) is 2. The minimum atomic E-state index is -3.83. The van der Waals surface area contributed by atoms with Gasteiger partial charge in [0.25, 0.3) is 0 Å². The van der Waals surface area contributed by atoms with Crippen LogP contribution in [0.3, 0.4) is 0 Å². The van der Waals surface area contributed by atoms with Gasteiger partial charge in [0, 0.05) is 11.1 Å². The van der Waals surface area contributed by atoms with Crippen molar-refractivity contribution in [2.24, 2.45) is 10.9 Å². The highest BCUT2D eigenvalue weighted by molar-refractivity contribution is 7.89. The number of rotatable bonds is 6. The summed E-state index contributed by atoms with van der Waals surface area (Å²) in [5, 5.41) is 20.0. The van der Waals surface area contributed by atoms with Crippen molar-refractivity contribution in [3.63, 3.8) is 0 Å². The zero-order chi connectivity index (χ0) is 24.5. The summed E-state index contributed by atoms with van der Waals surface area (Å²) in [4.78, 5) is 11.2. The van der Waals surface area contributed by atoms with Crippen LogP contribution in [0.1, 0.15) is 0 Å². The summed E-state index contributed by atoms with van der Waals surface area (Å²) in [7, 11) is -2.24. The number of methoxy groups -OCH3 is 1. The van der Waals surface area contributed by atoms with Crippen LogP contribution in [0, 0.1) is 0 Å². The molecule has 5 N–H and O–H groups in total. The van der Waals surface area contributed by atoms with Gasteiger partial charge in [-0.3, -0.25) is 5.21 Å². The first kappa shape index (κ1) is 23.0. The number of aromatic nitrogens is 2. The number of ether oxygens (including phenoxy) is 1. The van der Waals surface area contributed by atoms with Crippen LogP contribution in [0.4, 0.5) is 10.5 Å². The maximum atomic E-state index is 11.6. The number of primary amides is 1. The van der Waals surface area contributed by atoms with Crippen LogP contribution < -0.4 is 20.7 Å². The molecule has 4 rings (SSSR count). The first-order chi connectivity index (χ1) is 16.2. The van der Waals surface area contributed by atoms with E-state index in [1.165, 1.54) is 24.3 Å². The summed E-state index contributed by atoms with van der Waals surface area (Å²) in [5.74, 6) is 0.700. The Morgan fingerprint density at radius 1 is 0.971 bits per heavy atom. The van der Waals surface area contributed by atoms with Gasteiger partial charge in [0.15, 0.2) is 0 Å². The number of sulfonamides is 1. The Labute approximate surface area is 195 Å². The Morgan fingerprint density at radius 2 is 1.56 bits per heavy atom. The molecule has 4 aromatic rings. The van der Waals surface area contributed by atoms with Gasteiger partial charge in [0.05, 0.1) is 34.8 Å². The maximum Gasteiger partial charge on any atom is 0.343 e. The molecule has 0 aliphatic heterocycles. The summed E-state index contributed by atoms with van der Waals surface area (Å²) in [6.45, 7) is 0. The van der Waals surface area contributed by atoms with E-state index in [1.54, 1.807) is 36.1 Å². The van der Waals surface area contributed by atoms with Crippen LogP contribution in [0.5, 0.6) is 5.75 Å². The third-order valence-electron chi connectivity index (χ3n) is 5.12. The predicted molar refractivity (Wildman–Crippen MR) is 126 cm³/mol. The van der Waals surface area contributed by atoms with Crippen molar-refractivity contribution >= 4 is 21.7 Å². The van der Waals surface area contributed by atoms with E-state index >= 15 is 0 Å². The van der Waals surface area contributed by atoms with Gasteiger partial charge in [-0.15, -0.1) is 0 Å². The molecule has 0 saturated heterocycles. The van der Waals surface area contributed by atoms with Gasteiger partial charge in [0.1, 0.15) is 5.75 Å². The van der Waals surface area contributed by atoms with Gasteiger partial charge in [-0.1, -0.05) is 12.1 Å². The first-order valence-corrected chi connectivity index (χ1v) is 11.5. The molecule has 0 saturated carbocycles. The number of urea groups is 1. The molecule has 0 spiro atoms. The molecule has 174 valence electrons. The average molecular weight is 480 g/mol. The Kier molecular flexibility index (Phi) is 6.07. The third kappa shape index (κ3) is 4.62. The summed E-state index contributed by atoms with van der Waals surface area (Å²) in [6, 6.07) is 20.8. The summed E-state index contributed by atoms with van der Waals surface area (Å²) in [6.07, 6.45) is 0. The van der Waals surface area contributed by atoms with E-state index in [2.05, 4.69) is 0 Å². The van der Waals surface area contributed by atoms with Gasteiger partial charge in [-0.2, -0.15) is 10.2 Å². The Morgan fingerprint density at radius 3 is 2.09 bits per heavy atom. The van der Waals surface area contributed by atoms with Gasteiger partial charge >= 0.3 is 6.03 Å².